The number of nitrogens with zero attached hydrogens (tertiary/aromatic N) is 2. The highest BCUT2D eigenvalue weighted by molar-refractivity contribution is 7.71. The van der Waals surface area contributed by atoms with Crippen molar-refractivity contribution in [3.05, 3.63) is 74.7 Å². The SMILES string of the molecule is S=c1[nH]ncn1NCc1ccccc1OCc1ccc(Cl)cc1Cl. The molecule has 0 radical (unpaired) electrons. The molecule has 2 aromatic carbocycles. The molecule has 0 aliphatic rings. The van der Waals surface area contributed by atoms with Gasteiger partial charge in [0.05, 0.1) is 6.54 Å². The number of hydrogen-bond acceptors (Lipinski definition) is 4. The Hall–Kier alpha value is -2.02. The molecule has 0 saturated carbocycles. The number of rotatable bonds is 6. The molecule has 5 nitrogen and oxygen atoms in total. The van der Waals surface area contributed by atoms with E-state index in [0.29, 0.717) is 28.0 Å². The second-order valence-corrected chi connectivity index (χ2v) is 6.23. The zero-order valence-electron chi connectivity index (χ0n) is 12.5. The van der Waals surface area contributed by atoms with Gasteiger partial charge >= 0.3 is 0 Å². The summed E-state index contributed by atoms with van der Waals surface area (Å²) >= 11 is 17.2. The number of H-pyrrole nitrogens is 1. The molecule has 0 fully saturated rings. The molecule has 0 atom stereocenters. The highest BCUT2D eigenvalue weighted by Crippen LogP contribution is 2.24. The van der Waals surface area contributed by atoms with E-state index in [1.54, 1.807) is 23.1 Å². The van der Waals surface area contributed by atoms with E-state index in [4.69, 9.17) is 40.2 Å². The third kappa shape index (κ3) is 4.08. The second-order valence-electron chi connectivity index (χ2n) is 5.00. The Morgan fingerprint density at radius 2 is 2.00 bits per heavy atom. The van der Waals surface area contributed by atoms with Crippen LogP contribution in [-0.4, -0.2) is 14.9 Å². The first-order valence-electron chi connectivity index (χ1n) is 7.14. The fraction of sp³-hybridized carbons (Fsp3) is 0.125. The van der Waals surface area contributed by atoms with Crippen LogP contribution in [0.3, 0.4) is 0 Å². The predicted octanol–water partition coefficient (Wildman–Crippen LogP) is 4.57. The molecule has 0 amide bonds. The molecule has 2 N–H and O–H groups in total. The normalized spacial score (nSPS) is 10.6. The van der Waals surface area contributed by atoms with Crippen molar-refractivity contribution in [3.8, 4) is 5.75 Å². The summed E-state index contributed by atoms with van der Waals surface area (Å²) in [5.41, 5.74) is 5.03. The van der Waals surface area contributed by atoms with E-state index in [1.807, 2.05) is 30.3 Å². The van der Waals surface area contributed by atoms with Crippen LogP contribution in [-0.2, 0) is 13.2 Å². The molecule has 0 bridgehead atoms. The van der Waals surface area contributed by atoms with E-state index >= 15 is 0 Å². The molecule has 1 aromatic heterocycles. The zero-order chi connectivity index (χ0) is 16.9. The van der Waals surface area contributed by atoms with Gasteiger partial charge in [-0.15, -0.1) is 0 Å². The fourth-order valence-electron chi connectivity index (χ4n) is 2.12. The molecular weight excluding hydrogens is 367 g/mol. The number of nitrogens with one attached hydrogen (secondary N) is 2. The molecular formula is C16H14Cl2N4OS. The summed E-state index contributed by atoms with van der Waals surface area (Å²) in [5.74, 6) is 0.769. The van der Waals surface area contributed by atoms with E-state index in [-0.39, 0.29) is 0 Å². The van der Waals surface area contributed by atoms with Crippen LogP contribution in [0.2, 0.25) is 10.0 Å². The van der Waals surface area contributed by atoms with Crippen molar-refractivity contribution >= 4 is 35.4 Å². The van der Waals surface area contributed by atoms with E-state index in [0.717, 1.165) is 16.9 Å². The van der Waals surface area contributed by atoms with Crippen LogP contribution in [0.1, 0.15) is 11.1 Å². The minimum atomic E-state index is 0.359. The lowest BCUT2D eigenvalue weighted by molar-refractivity contribution is 0.303. The number of ether oxygens (including phenoxy) is 1. The van der Waals surface area contributed by atoms with Crippen LogP contribution in [0.5, 0.6) is 5.75 Å². The van der Waals surface area contributed by atoms with Crippen molar-refractivity contribution < 1.29 is 4.74 Å². The number of hydrogen-bond donors (Lipinski definition) is 2. The summed E-state index contributed by atoms with van der Waals surface area (Å²) in [4.78, 5) is 0. The topological polar surface area (TPSA) is 54.9 Å². The summed E-state index contributed by atoms with van der Waals surface area (Å²) in [5, 5.41) is 7.74. The molecule has 0 unspecified atom stereocenters. The highest BCUT2D eigenvalue weighted by Gasteiger charge is 2.06. The van der Waals surface area contributed by atoms with Gasteiger partial charge in [-0.25, -0.2) is 4.68 Å². The van der Waals surface area contributed by atoms with E-state index in [9.17, 15) is 0 Å². The Bertz CT molecular complexity index is 894. The first-order chi connectivity index (χ1) is 11.6. The number of halogens is 2. The van der Waals surface area contributed by atoms with Crippen LogP contribution in [0.15, 0.2) is 48.8 Å². The van der Waals surface area contributed by atoms with Gasteiger partial charge in [-0.3, -0.25) is 5.10 Å². The van der Waals surface area contributed by atoms with Gasteiger partial charge < -0.3 is 10.2 Å². The molecule has 3 rings (SSSR count). The van der Waals surface area contributed by atoms with Crippen LogP contribution in [0.4, 0.5) is 0 Å². The van der Waals surface area contributed by atoms with Crippen molar-refractivity contribution in [1.82, 2.24) is 14.9 Å². The molecule has 1 heterocycles. The summed E-state index contributed by atoms with van der Waals surface area (Å²) in [6.45, 7) is 0.899. The third-order valence-electron chi connectivity index (χ3n) is 3.36. The lowest BCUT2D eigenvalue weighted by atomic mass is 10.2. The minimum absolute atomic E-state index is 0.359. The van der Waals surface area contributed by atoms with Gasteiger partial charge in [-0.2, -0.15) is 5.10 Å². The Morgan fingerprint density at radius 1 is 1.17 bits per heavy atom. The highest BCUT2D eigenvalue weighted by atomic mass is 35.5. The first-order valence-corrected chi connectivity index (χ1v) is 8.30. The maximum Gasteiger partial charge on any atom is 0.214 e. The van der Waals surface area contributed by atoms with Crippen molar-refractivity contribution in [2.24, 2.45) is 0 Å². The van der Waals surface area contributed by atoms with Crippen LogP contribution in [0, 0.1) is 4.77 Å². The fourth-order valence-corrected chi connectivity index (χ4v) is 2.74. The smallest absolute Gasteiger partial charge is 0.214 e. The van der Waals surface area contributed by atoms with Gasteiger partial charge in [-0.1, -0.05) is 47.5 Å². The zero-order valence-corrected chi connectivity index (χ0v) is 14.8. The van der Waals surface area contributed by atoms with Crippen molar-refractivity contribution in [1.29, 1.82) is 0 Å². The largest absolute Gasteiger partial charge is 0.488 e. The van der Waals surface area contributed by atoms with E-state index in [1.165, 1.54) is 0 Å². The van der Waals surface area contributed by atoms with Gasteiger partial charge in [0, 0.05) is 21.2 Å². The van der Waals surface area contributed by atoms with E-state index in [2.05, 4.69) is 15.6 Å². The average Bonchev–Trinajstić information content (AvgIpc) is 2.98. The third-order valence-corrected chi connectivity index (χ3v) is 4.24. The Kier molecular flexibility index (Phi) is 5.40. The Morgan fingerprint density at radius 3 is 2.75 bits per heavy atom. The number of aromatic nitrogens is 3. The van der Waals surface area contributed by atoms with E-state index < -0.39 is 0 Å². The number of para-hydroxylation sites is 1. The summed E-state index contributed by atoms with van der Waals surface area (Å²) < 4.78 is 8.06. The lowest BCUT2D eigenvalue weighted by Gasteiger charge is -2.13. The van der Waals surface area contributed by atoms with Crippen molar-refractivity contribution in [2.75, 3.05) is 5.43 Å². The van der Waals surface area contributed by atoms with Crippen molar-refractivity contribution in [3.63, 3.8) is 0 Å². The predicted molar refractivity (Wildman–Crippen MR) is 97.7 cm³/mol. The maximum atomic E-state index is 6.18. The molecule has 8 heteroatoms. The first kappa shape index (κ1) is 16.8. The molecule has 24 heavy (non-hydrogen) atoms. The molecule has 0 aliphatic heterocycles. The molecule has 0 spiro atoms. The molecule has 3 aromatic rings. The van der Waals surface area contributed by atoms with Gasteiger partial charge in [0.25, 0.3) is 0 Å². The maximum absolute atomic E-state index is 6.18. The minimum Gasteiger partial charge on any atom is -0.488 e. The standard InChI is InChI=1S/C16H14Cl2N4OS/c17-13-6-5-12(14(18)7-13)9-23-15-4-2-1-3-11(15)8-20-22-10-19-21-16(22)24/h1-7,10,20H,8-9H2,(H,21,24). The van der Waals surface area contributed by atoms with Crippen LogP contribution < -0.4 is 10.2 Å². The lowest BCUT2D eigenvalue weighted by Crippen LogP contribution is -2.14. The Labute approximate surface area is 154 Å². The summed E-state index contributed by atoms with van der Waals surface area (Å²) in [6, 6.07) is 13.1. The van der Waals surface area contributed by atoms with Gasteiger partial charge in [0.15, 0.2) is 0 Å². The van der Waals surface area contributed by atoms with Crippen LogP contribution >= 0.6 is 35.4 Å². The van der Waals surface area contributed by atoms with Crippen molar-refractivity contribution in [2.45, 2.75) is 13.2 Å². The average molecular weight is 381 g/mol. The second kappa shape index (κ2) is 7.70. The van der Waals surface area contributed by atoms with Gasteiger partial charge in [-0.05, 0) is 30.4 Å². The monoisotopic (exact) mass is 380 g/mol. The van der Waals surface area contributed by atoms with Crippen LogP contribution in [0.25, 0.3) is 0 Å². The molecule has 124 valence electrons. The Balaban J connectivity index is 1.69. The summed E-state index contributed by atoms with van der Waals surface area (Å²) in [7, 11) is 0. The number of aromatic amines is 1. The number of benzene rings is 2. The quantitative estimate of drug-likeness (QED) is 0.615. The van der Waals surface area contributed by atoms with Gasteiger partial charge in [0.1, 0.15) is 18.7 Å². The molecule has 0 saturated heterocycles. The molecule has 0 aliphatic carbocycles. The summed E-state index contributed by atoms with van der Waals surface area (Å²) in [6.07, 6.45) is 1.58. The van der Waals surface area contributed by atoms with Gasteiger partial charge in [0.2, 0.25) is 4.77 Å².